The van der Waals surface area contributed by atoms with E-state index in [0.717, 1.165) is 47.5 Å². The molecule has 1 aromatic heterocycles. The van der Waals surface area contributed by atoms with E-state index in [2.05, 4.69) is 53.0 Å². The average molecular weight is 502 g/mol. The number of guanidine groups is 1. The molecule has 2 rings (SSSR count). The molecule has 2 N–H and O–H groups in total. The molecule has 0 aliphatic carbocycles. The molecule has 0 fully saturated rings. The number of hydrogen-bond donors (Lipinski definition) is 2. The molecule has 0 spiro atoms. The van der Waals surface area contributed by atoms with Gasteiger partial charge in [0.1, 0.15) is 5.75 Å². The van der Waals surface area contributed by atoms with Crippen LogP contribution < -0.4 is 15.4 Å². The summed E-state index contributed by atoms with van der Waals surface area (Å²) >= 11 is 1.69. The number of ether oxygens (including phenoxy) is 1. The highest BCUT2D eigenvalue weighted by molar-refractivity contribution is 14.0. The molecular weight excluding hydrogens is 471 g/mol. The van der Waals surface area contributed by atoms with Crippen molar-refractivity contribution in [3.63, 3.8) is 0 Å². The highest BCUT2D eigenvalue weighted by Gasteiger charge is 2.07. The van der Waals surface area contributed by atoms with Crippen LogP contribution in [0.15, 0.2) is 28.6 Å². The quantitative estimate of drug-likeness (QED) is 0.318. The van der Waals surface area contributed by atoms with E-state index < -0.39 is 0 Å². The Balaban J connectivity index is 0.00000364. The van der Waals surface area contributed by atoms with Crippen LogP contribution in [-0.2, 0) is 13.0 Å². The topological polar surface area (TPSA) is 58.5 Å². The van der Waals surface area contributed by atoms with E-state index in [4.69, 9.17) is 9.73 Å². The molecule has 0 radical (unpaired) electrons. The summed E-state index contributed by atoms with van der Waals surface area (Å²) in [6.45, 7) is 12.5. The average Bonchev–Trinajstić information content (AvgIpc) is 2.98. The van der Waals surface area contributed by atoms with E-state index in [9.17, 15) is 0 Å². The van der Waals surface area contributed by atoms with Crippen LogP contribution in [0.4, 0.5) is 0 Å². The Morgan fingerprint density at radius 3 is 2.67 bits per heavy atom. The minimum atomic E-state index is 0. The molecule has 27 heavy (non-hydrogen) atoms. The lowest BCUT2D eigenvalue weighted by Crippen LogP contribution is -2.38. The molecule has 0 atom stereocenters. The predicted molar refractivity (Wildman–Crippen MR) is 126 cm³/mol. The zero-order valence-electron chi connectivity index (χ0n) is 16.8. The van der Waals surface area contributed by atoms with Gasteiger partial charge >= 0.3 is 0 Å². The van der Waals surface area contributed by atoms with Gasteiger partial charge in [0.2, 0.25) is 0 Å². The summed E-state index contributed by atoms with van der Waals surface area (Å²) in [5.41, 5.74) is 3.41. The smallest absolute Gasteiger partial charge is 0.191 e. The first-order valence-electron chi connectivity index (χ1n) is 9.17. The predicted octanol–water partition coefficient (Wildman–Crippen LogP) is 4.46. The molecule has 0 aliphatic rings. The van der Waals surface area contributed by atoms with Gasteiger partial charge in [-0.05, 0) is 46.2 Å². The number of aryl methyl sites for hydroxylation is 2. The molecule has 0 unspecified atom stereocenters. The summed E-state index contributed by atoms with van der Waals surface area (Å²) in [6, 6.07) is 6.27. The van der Waals surface area contributed by atoms with E-state index in [0.29, 0.717) is 6.54 Å². The third-order valence-corrected chi connectivity index (χ3v) is 4.50. The molecule has 0 saturated heterocycles. The third kappa shape index (κ3) is 8.47. The second-order valence-corrected chi connectivity index (χ2v) is 7.57. The Kier molecular flexibility index (Phi) is 10.7. The van der Waals surface area contributed by atoms with Crippen LogP contribution in [0.3, 0.4) is 0 Å². The van der Waals surface area contributed by atoms with Gasteiger partial charge in [-0.25, -0.2) is 9.98 Å². The Hall–Kier alpha value is -1.35. The van der Waals surface area contributed by atoms with E-state index in [1.54, 1.807) is 11.3 Å². The zero-order chi connectivity index (χ0) is 18.9. The Bertz CT molecular complexity index is 731. The maximum Gasteiger partial charge on any atom is 0.191 e. The molecule has 0 aliphatic heterocycles. The van der Waals surface area contributed by atoms with Crippen LogP contribution >= 0.6 is 35.3 Å². The molecule has 0 saturated carbocycles. The number of halogens is 1. The van der Waals surface area contributed by atoms with Gasteiger partial charge in [-0.15, -0.1) is 35.3 Å². The number of thiazole rings is 1. The van der Waals surface area contributed by atoms with Crippen LogP contribution in [0.1, 0.15) is 42.6 Å². The molecular formula is C20H31IN4OS. The van der Waals surface area contributed by atoms with Crippen molar-refractivity contribution in [2.75, 3.05) is 13.1 Å². The number of aliphatic imine (C=N–C) groups is 1. The van der Waals surface area contributed by atoms with E-state index >= 15 is 0 Å². The number of nitrogens with zero attached hydrogens (tertiary/aromatic N) is 2. The van der Waals surface area contributed by atoms with E-state index in [1.807, 2.05) is 20.8 Å². The van der Waals surface area contributed by atoms with Crippen LogP contribution in [0, 0.1) is 13.8 Å². The number of nitrogens with one attached hydrogen (secondary N) is 2. The molecule has 0 amide bonds. The molecule has 150 valence electrons. The Morgan fingerprint density at radius 2 is 2.04 bits per heavy atom. The van der Waals surface area contributed by atoms with Crippen LogP contribution in [0.25, 0.3) is 0 Å². The lowest BCUT2D eigenvalue weighted by molar-refractivity contribution is 0.240. The van der Waals surface area contributed by atoms with Crippen molar-refractivity contribution in [1.29, 1.82) is 0 Å². The highest BCUT2D eigenvalue weighted by Crippen LogP contribution is 2.22. The van der Waals surface area contributed by atoms with Gasteiger partial charge in [0, 0.05) is 30.5 Å². The summed E-state index contributed by atoms with van der Waals surface area (Å²) in [4.78, 5) is 9.21. The van der Waals surface area contributed by atoms with Gasteiger partial charge in [0.15, 0.2) is 5.96 Å². The number of hydrogen-bond acceptors (Lipinski definition) is 4. The first-order valence-corrected chi connectivity index (χ1v) is 10.0. The molecule has 5 nitrogen and oxygen atoms in total. The fraction of sp³-hybridized carbons (Fsp3) is 0.500. The summed E-state index contributed by atoms with van der Waals surface area (Å²) in [6.07, 6.45) is 1.04. The monoisotopic (exact) mass is 502 g/mol. The van der Waals surface area contributed by atoms with Crippen LogP contribution in [0.5, 0.6) is 5.75 Å². The largest absolute Gasteiger partial charge is 0.491 e. The fourth-order valence-corrected chi connectivity index (χ4v) is 3.14. The summed E-state index contributed by atoms with van der Waals surface area (Å²) in [7, 11) is 0. The maximum atomic E-state index is 5.94. The number of benzene rings is 1. The van der Waals surface area contributed by atoms with E-state index in [-0.39, 0.29) is 30.1 Å². The molecule has 0 bridgehead atoms. The van der Waals surface area contributed by atoms with E-state index in [1.165, 1.54) is 5.56 Å². The van der Waals surface area contributed by atoms with Crippen molar-refractivity contribution in [2.45, 2.75) is 53.7 Å². The molecule has 2 aromatic rings. The fourth-order valence-electron chi connectivity index (χ4n) is 2.49. The second kappa shape index (κ2) is 12.2. The van der Waals surface area contributed by atoms with Gasteiger partial charge in [0.05, 0.1) is 23.4 Å². The SMILES string of the molecule is CCNC(=NCc1ccc(C)cc1OC(C)C)NCCc1csc(C)n1.I. The first kappa shape index (κ1) is 23.7. The number of rotatable bonds is 8. The Labute approximate surface area is 184 Å². The van der Waals surface area contributed by atoms with Gasteiger partial charge in [-0.3, -0.25) is 0 Å². The van der Waals surface area contributed by atoms with Gasteiger partial charge in [-0.2, -0.15) is 0 Å². The third-order valence-electron chi connectivity index (χ3n) is 3.68. The van der Waals surface area contributed by atoms with Gasteiger partial charge in [-0.1, -0.05) is 12.1 Å². The zero-order valence-corrected chi connectivity index (χ0v) is 20.0. The second-order valence-electron chi connectivity index (χ2n) is 6.51. The minimum absolute atomic E-state index is 0. The van der Waals surface area contributed by atoms with Crippen molar-refractivity contribution in [3.05, 3.63) is 45.4 Å². The van der Waals surface area contributed by atoms with Crippen molar-refractivity contribution >= 4 is 41.3 Å². The van der Waals surface area contributed by atoms with Crippen molar-refractivity contribution < 1.29 is 4.74 Å². The van der Waals surface area contributed by atoms with Gasteiger partial charge in [0.25, 0.3) is 0 Å². The normalized spacial score (nSPS) is 11.3. The standard InChI is InChI=1S/C20H30N4OS.HI/c1-6-21-20(22-10-9-18-13-26-16(5)24-18)23-12-17-8-7-15(4)11-19(17)25-14(2)3;/h7-8,11,13-14H,6,9-10,12H2,1-5H3,(H2,21,22,23);1H. The van der Waals surface area contributed by atoms with Crippen molar-refractivity contribution in [1.82, 2.24) is 15.6 Å². The van der Waals surface area contributed by atoms with Gasteiger partial charge < -0.3 is 15.4 Å². The minimum Gasteiger partial charge on any atom is -0.491 e. The highest BCUT2D eigenvalue weighted by atomic mass is 127. The summed E-state index contributed by atoms with van der Waals surface area (Å²) < 4.78 is 5.94. The first-order chi connectivity index (χ1) is 12.5. The summed E-state index contributed by atoms with van der Waals surface area (Å²) in [5, 5.41) is 9.90. The van der Waals surface area contributed by atoms with Crippen LogP contribution in [0.2, 0.25) is 0 Å². The summed E-state index contributed by atoms with van der Waals surface area (Å²) in [5.74, 6) is 1.73. The lowest BCUT2D eigenvalue weighted by atomic mass is 10.1. The van der Waals surface area contributed by atoms with Crippen LogP contribution in [-0.4, -0.2) is 30.1 Å². The van der Waals surface area contributed by atoms with Crippen molar-refractivity contribution in [3.8, 4) is 5.75 Å². The molecule has 7 heteroatoms. The van der Waals surface area contributed by atoms with Crippen molar-refractivity contribution in [2.24, 2.45) is 4.99 Å². The Morgan fingerprint density at radius 1 is 1.26 bits per heavy atom. The number of aromatic nitrogens is 1. The lowest BCUT2D eigenvalue weighted by Gasteiger charge is -2.15. The molecule has 1 heterocycles. The maximum absolute atomic E-state index is 5.94. The molecule has 1 aromatic carbocycles.